The SMILES string of the molecule is O=S1(=O)C[C@@H]2[C@@H](C1)SC(=S)N2CCO. The average Bonchev–Trinajstić information content (AvgIpc) is 2.47. The standard InChI is InChI=1S/C7H11NO3S3/c9-2-1-8-5-3-14(10,11)4-6(5)13-7(8)12/h5-6,9H,1-4H2/t5-,6-/m1/s1. The highest BCUT2D eigenvalue weighted by molar-refractivity contribution is 8.24. The van der Waals surface area contributed by atoms with Crippen molar-refractivity contribution in [1.82, 2.24) is 4.90 Å². The zero-order valence-corrected chi connectivity index (χ0v) is 9.87. The molecule has 2 heterocycles. The van der Waals surface area contributed by atoms with Gasteiger partial charge in [0.2, 0.25) is 0 Å². The van der Waals surface area contributed by atoms with Gasteiger partial charge in [0.15, 0.2) is 9.84 Å². The highest BCUT2D eigenvalue weighted by atomic mass is 32.2. The second-order valence-corrected chi connectivity index (χ2v) is 7.51. The molecule has 0 aromatic rings. The largest absolute Gasteiger partial charge is 0.395 e. The summed E-state index contributed by atoms with van der Waals surface area (Å²) in [5.74, 6) is 0.412. The number of hydrogen-bond donors (Lipinski definition) is 1. The molecule has 7 heteroatoms. The predicted octanol–water partition coefficient (Wildman–Crippen LogP) is -0.522. The van der Waals surface area contributed by atoms with E-state index >= 15 is 0 Å². The van der Waals surface area contributed by atoms with E-state index in [-0.39, 0.29) is 29.4 Å². The van der Waals surface area contributed by atoms with Crippen LogP contribution in [0.3, 0.4) is 0 Å². The molecule has 14 heavy (non-hydrogen) atoms. The van der Waals surface area contributed by atoms with Gasteiger partial charge in [0.1, 0.15) is 4.32 Å². The molecule has 2 aliphatic heterocycles. The summed E-state index contributed by atoms with van der Waals surface area (Å²) in [4.78, 5) is 1.84. The van der Waals surface area contributed by atoms with E-state index in [4.69, 9.17) is 17.3 Å². The smallest absolute Gasteiger partial charge is 0.153 e. The molecule has 0 bridgehead atoms. The van der Waals surface area contributed by atoms with Crippen molar-refractivity contribution in [3.8, 4) is 0 Å². The minimum absolute atomic E-state index is 0.00958. The third kappa shape index (κ3) is 1.78. The molecule has 0 radical (unpaired) electrons. The van der Waals surface area contributed by atoms with Crippen LogP contribution in [0, 0.1) is 0 Å². The molecule has 0 amide bonds. The highest BCUT2D eigenvalue weighted by Gasteiger charge is 2.47. The van der Waals surface area contributed by atoms with E-state index in [9.17, 15) is 8.42 Å². The number of β-amino-alcohol motifs (C(OH)–C–C–N with tert-alkyl or cyclic N) is 1. The maximum atomic E-state index is 11.4. The van der Waals surface area contributed by atoms with Crippen LogP contribution in [0.5, 0.6) is 0 Å². The van der Waals surface area contributed by atoms with Crippen LogP contribution in [0.2, 0.25) is 0 Å². The summed E-state index contributed by atoms with van der Waals surface area (Å²) in [6.07, 6.45) is 0. The van der Waals surface area contributed by atoms with Crippen LogP contribution in [0.4, 0.5) is 0 Å². The monoisotopic (exact) mass is 253 g/mol. The van der Waals surface area contributed by atoms with Crippen molar-refractivity contribution >= 4 is 38.1 Å². The number of fused-ring (bicyclic) bond motifs is 1. The first-order valence-corrected chi connectivity index (χ1v) is 7.43. The van der Waals surface area contributed by atoms with E-state index in [0.717, 1.165) is 4.32 Å². The molecule has 2 fully saturated rings. The van der Waals surface area contributed by atoms with Crippen LogP contribution >= 0.6 is 24.0 Å². The van der Waals surface area contributed by atoms with E-state index in [1.807, 2.05) is 4.90 Å². The maximum absolute atomic E-state index is 11.4. The number of thioether (sulfide) groups is 1. The third-order valence-electron chi connectivity index (χ3n) is 2.50. The summed E-state index contributed by atoms with van der Waals surface area (Å²) in [7, 11) is -2.88. The number of thiocarbonyl (C=S) groups is 1. The minimum Gasteiger partial charge on any atom is -0.395 e. The summed E-state index contributed by atoms with van der Waals surface area (Å²) >= 11 is 6.57. The van der Waals surface area contributed by atoms with Crippen molar-refractivity contribution in [3.63, 3.8) is 0 Å². The Morgan fingerprint density at radius 2 is 2.29 bits per heavy atom. The quantitative estimate of drug-likeness (QED) is 0.668. The number of nitrogens with zero attached hydrogens (tertiary/aromatic N) is 1. The fraction of sp³-hybridized carbons (Fsp3) is 0.857. The molecule has 2 aliphatic rings. The highest BCUT2D eigenvalue weighted by Crippen LogP contribution is 2.37. The van der Waals surface area contributed by atoms with Crippen LogP contribution in [-0.4, -0.2) is 58.7 Å². The Hall–Kier alpha value is 0.150. The first-order chi connectivity index (χ1) is 6.53. The molecule has 0 saturated carbocycles. The van der Waals surface area contributed by atoms with Gasteiger partial charge in [-0.05, 0) is 0 Å². The van der Waals surface area contributed by atoms with Crippen molar-refractivity contribution in [3.05, 3.63) is 0 Å². The van der Waals surface area contributed by atoms with E-state index in [0.29, 0.717) is 6.54 Å². The van der Waals surface area contributed by atoms with Gasteiger partial charge in [-0.1, -0.05) is 24.0 Å². The Bertz CT molecular complexity index is 353. The maximum Gasteiger partial charge on any atom is 0.153 e. The van der Waals surface area contributed by atoms with E-state index in [2.05, 4.69) is 0 Å². The molecule has 1 N–H and O–H groups in total. The van der Waals surface area contributed by atoms with Gasteiger partial charge in [0, 0.05) is 11.8 Å². The number of hydrogen-bond acceptors (Lipinski definition) is 5. The molecule has 2 atom stereocenters. The van der Waals surface area contributed by atoms with Crippen molar-refractivity contribution in [2.24, 2.45) is 0 Å². The Labute approximate surface area is 92.6 Å². The fourth-order valence-electron chi connectivity index (χ4n) is 1.90. The second-order valence-electron chi connectivity index (χ2n) is 3.48. The van der Waals surface area contributed by atoms with Crippen molar-refractivity contribution in [1.29, 1.82) is 0 Å². The molecule has 0 aromatic carbocycles. The summed E-state index contributed by atoms with van der Waals surface area (Å²) in [6, 6.07) is -0.00958. The van der Waals surface area contributed by atoms with Crippen LogP contribution in [0.25, 0.3) is 0 Å². The summed E-state index contributed by atoms with van der Waals surface area (Å²) in [5, 5.41) is 8.92. The lowest BCUT2D eigenvalue weighted by Crippen LogP contribution is -2.38. The zero-order valence-electron chi connectivity index (χ0n) is 7.42. The lowest BCUT2D eigenvalue weighted by molar-refractivity contribution is 0.236. The van der Waals surface area contributed by atoms with E-state index in [1.165, 1.54) is 11.8 Å². The molecule has 2 rings (SSSR count). The Morgan fingerprint density at radius 3 is 2.93 bits per heavy atom. The molecule has 0 spiro atoms. The molecule has 2 saturated heterocycles. The van der Waals surface area contributed by atoms with Gasteiger partial charge in [-0.15, -0.1) is 0 Å². The number of aliphatic hydroxyl groups excluding tert-OH is 1. The van der Waals surface area contributed by atoms with Crippen LogP contribution < -0.4 is 0 Å². The molecular weight excluding hydrogens is 242 g/mol. The van der Waals surface area contributed by atoms with E-state index < -0.39 is 9.84 Å². The molecule has 0 unspecified atom stereocenters. The third-order valence-corrected chi connectivity index (χ3v) is 6.17. The van der Waals surface area contributed by atoms with Gasteiger partial charge in [0.25, 0.3) is 0 Å². The van der Waals surface area contributed by atoms with E-state index in [1.54, 1.807) is 0 Å². The lowest BCUT2D eigenvalue weighted by atomic mass is 10.2. The van der Waals surface area contributed by atoms with Crippen molar-refractivity contribution in [2.75, 3.05) is 24.7 Å². The van der Waals surface area contributed by atoms with Crippen LogP contribution in [0.15, 0.2) is 0 Å². The number of aliphatic hydroxyl groups is 1. The Kier molecular flexibility index (Phi) is 2.76. The van der Waals surface area contributed by atoms with Crippen LogP contribution in [0.1, 0.15) is 0 Å². The number of rotatable bonds is 2. The van der Waals surface area contributed by atoms with Crippen molar-refractivity contribution in [2.45, 2.75) is 11.3 Å². The van der Waals surface area contributed by atoms with Gasteiger partial charge in [-0.2, -0.15) is 0 Å². The first kappa shape index (κ1) is 10.7. The Morgan fingerprint density at radius 1 is 1.57 bits per heavy atom. The molecule has 0 aromatic heterocycles. The van der Waals surface area contributed by atoms with Crippen molar-refractivity contribution < 1.29 is 13.5 Å². The van der Waals surface area contributed by atoms with Gasteiger partial charge >= 0.3 is 0 Å². The molecule has 80 valence electrons. The normalized spacial score (nSPS) is 34.9. The zero-order chi connectivity index (χ0) is 10.3. The van der Waals surface area contributed by atoms with Gasteiger partial charge in [0.05, 0.1) is 24.2 Å². The number of sulfone groups is 1. The molecular formula is C7H11NO3S3. The first-order valence-electron chi connectivity index (χ1n) is 4.32. The van der Waals surface area contributed by atoms with Gasteiger partial charge in [-0.3, -0.25) is 0 Å². The summed E-state index contributed by atoms with van der Waals surface area (Å²) < 4.78 is 23.4. The predicted molar refractivity (Wildman–Crippen MR) is 60.2 cm³/mol. The summed E-state index contributed by atoms with van der Waals surface area (Å²) in [6.45, 7) is 0.465. The lowest BCUT2D eigenvalue weighted by Gasteiger charge is -2.22. The van der Waals surface area contributed by atoms with Gasteiger partial charge in [-0.25, -0.2) is 8.42 Å². The minimum atomic E-state index is -2.88. The van der Waals surface area contributed by atoms with Crippen LogP contribution in [-0.2, 0) is 9.84 Å². The molecule has 0 aliphatic carbocycles. The topological polar surface area (TPSA) is 57.6 Å². The second kappa shape index (κ2) is 3.62. The summed E-state index contributed by atoms with van der Waals surface area (Å²) in [5.41, 5.74) is 0. The van der Waals surface area contributed by atoms with Gasteiger partial charge < -0.3 is 10.0 Å². The average molecular weight is 253 g/mol. The Balaban J connectivity index is 2.17. The fourth-order valence-corrected chi connectivity index (χ4v) is 6.32. The molecule has 4 nitrogen and oxygen atoms in total.